The van der Waals surface area contributed by atoms with E-state index < -0.39 is 23.6 Å². The highest BCUT2D eigenvalue weighted by molar-refractivity contribution is 5.94. The molecule has 1 saturated heterocycles. The molecule has 2 fully saturated rings. The average Bonchev–Trinajstić information content (AvgIpc) is 3.27. The molecule has 1 aliphatic carbocycles. The van der Waals surface area contributed by atoms with Gasteiger partial charge in [0.05, 0.1) is 11.3 Å². The lowest BCUT2D eigenvalue weighted by Gasteiger charge is -2.32. The molecule has 2 atom stereocenters. The van der Waals surface area contributed by atoms with Crippen LogP contribution in [0.3, 0.4) is 0 Å². The van der Waals surface area contributed by atoms with Crippen molar-refractivity contribution in [3.05, 3.63) is 47.3 Å². The number of primary amides is 1. The molecule has 0 bridgehead atoms. The van der Waals surface area contributed by atoms with Crippen LogP contribution < -0.4 is 11.1 Å². The Bertz CT molecular complexity index is 1070. The minimum Gasteiger partial charge on any atom is -0.369 e. The fourth-order valence-corrected chi connectivity index (χ4v) is 4.79. The van der Waals surface area contributed by atoms with Crippen LogP contribution in [0.5, 0.6) is 0 Å². The predicted molar refractivity (Wildman–Crippen MR) is 124 cm³/mol. The molecule has 1 aromatic carbocycles. The van der Waals surface area contributed by atoms with Crippen LogP contribution in [0.2, 0.25) is 0 Å². The van der Waals surface area contributed by atoms with Gasteiger partial charge in [-0.15, -0.1) is 0 Å². The normalized spacial score (nSPS) is 21.2. The van der Waals surface area contributed by atoms with E-state index in [4.69, 9.17) is 5.73 Å². The summed E-state index contributed by atoms with van der Waals surface area (Å²) in [4.78, 5) is 36.4. The van der Waals surface area contributed by atoms with Gasteiger partial charge in [0.2, 0.25) is 11.9 Å². The Labute approximate surface area is 201 Å². The summed E-state index contributed by atoms with van der Waals surface area (Å²) in [5, 5.41) is 2.92. The van der Waals surface area contributed by atoms with E-state index in [1.807, 2.05) is 7.05 Å². The summed E-state index contributed by atoms with van der Waals surface area (Å²) in [6.45, 7) is 2.96. The van der Waals surface area contributed by atoms with Crippen molar-refractivity contribution in [2.24, 2.45) is 17.6 Å². The van der Waals surface area contributed by atoms with Crippen LogP contribution in [0.1, 0.15) is 40.9 Å². The van der Waals surface area contributed by atoms with E-state index in [1.165, 1.54) is 0 Å². The number of alkyl halides is 3. The maximum Gasteiger partial charge on any atom is 0.419 e. The number of anilines is 2. The predicted octanol–water partition coefficient (Wildman–Crippen LogP) is 3.07. The average molecular weight is 491 g/mol. The van der Waals surface area contributed by atoms with Gasteiger partial charge >= 0.3 is 6.18 Å². The number of benzene rings is 1. The molecule has 0 spiro atoms. The highest BCUT2D eigenvalue weighted by atomic mass is 19.4. The first-order chi connectivity index (χ1) is 16.6. The number of hydrogen-bond donors (Lipinski definition) is 2. The second-order valence-corrected chi connectivity index (χ2v) is 9.25. The summed E-state index contributed by atoms with van der Waals surface area (Å²) in [5.74, 6) is -1.26. The quantitative estimate of drug-likeness (QED) is 0.645. The van der Waals surface area contributed by atoms with Crippen molar-refractivity contribution in [1.29, 1.82) is 0 Å². The number of nitrogens with one attached hydrogen (secondary N) is 1. The number of nitrogens with zero attached hydrogens (tertiary/aromatic N) is 4. The molecule has 1 aliphatic heterocycles. The van der Waals surface area contributed by atoms with E-state index in [2.05, 4.69) is 20.2 Å². The Hall–Kier alpha value is -3.21. The minimum atomic E-state index is -4.61. The van der Waals surface area contributed by atoms with Crippen molar-refractivity contribution in [1.82, 2.24) is 19.8 Å². The van der Waals surface area contributed by atoms with E-state index in [1.54, 1.807) is 29.2 Å². The highest BCUT2D eigenvalue weighted by Gasteiger charge is 2.38. The molecule has 2 heterocycles. The van der Waals surface area contributed by atoms with Crippen LogP contribution in [-0.4, -0.2) is 64.8 Å². The first-order valence-electron chi connectivity index (χ1n) is 11.7. The second-order valence-electron chi connectivity index (χ2n) is 9.25. The monoisotopic (exact) mass is 490 g/mol. The zero-order valence-corrected chi connectivity index (χ0v) is 19.5. The number of likely N-dealkylation sites (N-methyl/N-ethyl adjacent to an activating group) is 1. The van der Waals surface area contributed by atoms with Crippen LogP contribution >= 0.6 is 0 Å². The van der Waals surface area contributed by atoms with Crippen LogP contribution in [0, 0.1) is 11.8 Å². The number of nitrogens with two attached hydrogens (primary N) is 1. The molecule has 188 valence electrons. The molecule has 0 unspecified atom stereocenters. The maximum absolute atomic E-state index is 13.6. The number of hydrogen-bond acceptors (Lipinski definition) is 6. The number of aromatic nitrogens is 2. The van der Waals surface area contributed by atoms with Crippen molar-refractivity contribution in [3.8, 4) is 0 Å². The SMILES string of the molecule is CN1CCN(C(=O)c2ccc(Nc3ncc(C(F)(F)F)c(C[C@@H]4CCC[C@H]4C(N)=O)n3)cc2)CC1. The second kappa shape index (κ2) is 10.2. The zero-order valence-electron chi connectivity index (χ0n) is 19.5. The smallest absolute Gasteiger partial charge is 0.369 e. The van der Waals surface area contributed by atoms with Gasteiger partial charge in [0.15, 0.2) is 0 Å². The first kappa shape index (κ1) is 24.9. The molecule has 2 aromatic rings. The Kier molecular flexibility index (Phi) is 7.25. The molecule has 1 aromatic heterocycles. The Morgan fingerprint density at radius 3 is 2.43 bits per heavy atom. The maximum atomic E-state index is 13.6. The number of carbonyl (C=O) groups excluding carboxylic acids is 2. The van der Waals surface area contributed by atoms with E-state index in [0.29, 0.717) is 37.2 Å². The van der Waals surface area contributed by atoms with Gasteiger partial charge in [-0.25, -0.2) is 9.97 Å². The lowest BCUT2D eigenvalue weighted by molar-refractivity contribution is -0.138. The van der Waals surface area contributed by atoms with Crippen LogP contribution in [0.15, 0.2) is 30.5 Å². The van der Waals surface area contributed by atoms with Crippen LogP contribution in [0.4, 0.5) is 24.8 Å². The topological polar surface area (TPSA) is 104 Å². The Balaban J connectivity index is 1.49. The number of halogens is 3. The van der Waals surface area contributed by atoms with Gasteiger partial charge in [-0.05, 0) is 56.5 Å². The van der Waals surface area contributed by atoms with Crippen LogP contribution in [-0.2, 0) is 17.4 Å². The summed E-state index contributed by atoms with van der Waals surface area (Å²) >= 11 is 0. The van der Waals surface area contributed by atoms with Crippen molar-refractivity contribution in [2.75, 3.05) is 38.5 Å². The van der Waals surface area contributed by atoms with Crippen molar-refractivity contribution < 1.29 is 22.8 Å². The van der Waals surface area contributed by atoms with E-state index in [-0.39, 0.29) is 29.9 Å². The lowest BCUT2D eigenvalue weighted by atomic mass is 9.90. The third-order valence-electron chi connectivity index (χ3n) is 6.83. The third-order valence-corrected chi connectivity index (χ3v) is 6.83. The van der Waals surface area contributed by atoms with Gasteiger partial charge in [0.1, 0.15) is 0 Å². The molecule has 35 heavy (non-hydrogen) atoms. The molecular formula is C24H29F3N6O2. The summed E-state index contributed by atoms with van der Waals surface area (Å²) in [6, 6.07) is 6.68. The zero-order chi connectivity index (χ0) is 25.2. The molecule has 1 saturated carbocycles. The number of carbonyl (C=O) groups is 2. The van der Waals surface area contributed by atoms with E-state index in [9.17, 15) is 22.8 Å². The van der Waals surface area contributed by atoms with Crippen molar-refractivity contribution >= 4 is 23.5 Å². The molecule has 4 rings (SSSR count). The van der Waals surface area contributed by atoms with Gasteiger partial charge in [-0.2, -0.15) is 13.2 Å². The number of piperazine rings is 1. The fraction of sp³-hybridized carbons (Fsp3) is 0.500. The van der Waals surface area contributed by atoms with Crippen molar-refractivity contribution in [3.63, 3.8) is 0 Å². The molecule has 3 N–H and O–H groups in total. The van der Waals surface area contributed by atoms with Gasteiger partial charge in [-0.1, -0.05) is 6.42 Å². The fourth-order valence-electron chi connectivity index (χ4n) is 4.79. The highest BCUT2D eigenvalue weighted by Crippen LogP contribution is 2.38. The molecule has 2 aliphatic rings. The minimum absolute atomic E-state index is 0.00187. The summed E-state index contributed by atoms with van der Waals surface area (Å²) in [5.41, 5.74) is 5.46. The van der Waals surface area contributed by atoms with E-state index >= 15 is 0 Å². The van der Waals surface area contributed by atoms with Crippen LogP contribution in [0.25, 0.3) is 0 Å². The van der Waals surface area contributed by atoms with Gasteiger partial charge in [0.25, 0.3) is 5.91 Å². The Morgan fingerprint density at radius 2 is 1.80 bits per heavy atom. The summed E-state index contributed by atoms with van der Waals surface area (Å²) in [6.07, 6.45) is -1.89. The third kappa shape index (κ3) is 5.90. The molecule has 11 heteroatoms. The standard InChI is InChI=1S/C24H29F3N6O2/c1-32-9-11-33(12-10-32)22(35)15-5-7-17(8-6-15)30-23-29-14-19(24(25,26)27)20(31-23)13-16-3-2-4-18(16)21(28)34/h5-8,14,16,18H,2-4,9-13H2,1H3,(H2,28,34)(H,29,30,31)/t16-,18+/m0/s1. The van der Waals surface area contributed by atoms with Gasteiger partial charge in [-0.3, -0.25) is 9.59 Å². The van der Waals surface area contributed by atoms with Crippen molar-refractivity contribution in [2.45, 2.75) is 31.9 Å². The largest absolute Gasteiger partial charge is 0.419 e. The molecule has 8 nitrogen and oxygen atoms in total. The number of amides is 2. The molecule has 2 amide bonds. The van der Waals surface area contributed by atoms with Gasteiger partial charge < -0.3 is 20.9 Å². The van der Waals surface area contributed by atoms with Gasteiger partial charge in [0, 0.05) is 49.5 Å². The number of rotatable bonds is 6. The Morgan fingerprint density at radius 1 is 1.11 bits per heavy atom. The molecular weight excluding hydrogens is 461 g/mol. The summed E-state index contributed by atoms with van der Waals surface area (Å²) < 4.78 is 40.8. The molecule has 0 radical (unpaired) electrons. The summed E-state index contributed by atoms with van der Waals surface area (Å²) in [7, 11) is 2.01. The van der Waals surface area contributed by atoms with E-state index in [0.717, 1.165) is 25.7 Å². The first-order valence-corrected chi connectivity index (χ1v) is 11.7. The lowest BCUT2D eigenvalue weighted by Crippen LogP contribution is -2.47.